The number of ether oxygens (including phenoxy) is 1. The van der Waals surface area contributed by atoms with Crippen molar-refractivity contribution in [1.82, 2.24) is 4.98 Å². The Bertz CT molecular complexity index is 667. The second-order valence-corrected chi connectivity index (χ2v) is 5.08. The number of thiazole rings is 1. The average Bonchev–Trinajstić information content (AvgIpc) is 2.82. The number of esters is 1. The summed E-state index contributed by atoms with van der Waals surface area (Å²) in [5, 5.41) is 14.1. The molecule has 21 heavy (non-hydrogen) atoms. The molecule has 0 fully saturated rings. The van der Waals surface area contributed by atoms with Gasteiger partial charge in [-0.15, -0.1) is 0 Å². The predicted molar refractivity (Wildman–Crippen MR) is 82.1 cm³/mol. The summed E-state index contributed by atoms with van der Waals surface area (Å²) in [5.74, 6) is -0.240. The fourth-order valence-corrected chi connectivity index (χ4v) is 2.39. The molecule has 2 aromatic rings. The Labute approximate surface area is 126 Å². The third-order valence-electron chi connectivity index (χ3n) is 2.56. The molecule has 110 valence electrons. The first kappa shape index (κ1) is 15.0. The molecule has 1 aromatic carbocycles. The van der Waals surface area contributed by atoms with E-state index in [1.54, 1.807) is 38.1 Å². The number of anilines is 1. The van der Waals surface area contributed by atoms with Gasteiger partial charge in [0, 0.05) is 5.56 Å². The smallest absolute Gasteiger partial charge is 0.350 e. The number of hydrazone groups is 1. The minimum absolute atomic E-state index is 0.144. The van der Waals surface area contributed by atoms with Crippen LogP contribution < -0.4 is 5.43 Å². The molecule has 6 nitrogen and oxygen atoms in total. The number of nitrogens with zero attached hydrogens (tertiary/aromatic N) is 2. The van der Waals surface area contributed by atoms with Crippen LogP contribution in [0.15, 0.2) is 29.4 Å². The SMILES string of the molecule is CCOC(=O)c1sc(N/N=C\c2ccccc2O)nc1C. The first-order valence-corrected chi connectivity index (χ1v) is 7.15. The van der Waals surface area contributed by atoms with E-state index < -0.39 is 0 Å². The Morgan fingerprint density at radius 3 is 3.00 bits per heavy atom. The van der Waals surface area contributed by atoms with Crippen molar-refractivity contribution in [2.75, 3.05) is 12.0 Å². The third-order valence-corrected chi connectivity index (χ3v) is 3.60. The number of aromatic hydroxyl groups is 1. The van der Waals surface area contributed by atoms with Crippen LogP contribution in [0, 0.1) is 6.92 Å². The van der Waals surface area contributed by atoms with Crippen LogP contribution in [0.4, 0.5) is 5.13 Å². The molecule has 1 heterocycles. The molecule has 7 heteroatoms. The van der Waals surface area contributed by atoms with Crippen molar-refractivity contribution in [1.29, 1.82) is 0 Å². The second-order valence-electron chi connectivity index (χ2n) is 4.08. The van der Waals surface area contributed by atoms with Crippen LogP contribution in [0.2, 0.25) is 0 Å². The summed E-state index contributed by atoms with van der Waals surface area (Å²) in [4.78, 5) is 16.3. The van der Waals surface area contributed by atoms with Gasteiger partial charge in [0.15, 0.2) is 0 Å². The number of nitrogens with one attached hydrogen (secondary N) is 1. The van der Waals surface area contributed by atoms with E-state index in [2.05, 4.69) is 15.5 Å². The van der Waals surface area contributed by atoms with Crippen molar-refractivity contribution < 1.29 is 14.6 Å². The fourth-order valence-electron chi connectivity index (χ4n) is 1.58. The summed E-state index contributed by atoms with van der Waals surface area (Å²) < 4.78 is 4.94. The molecule has 0 saturated carbocycles. The zero-order valence-electron chi connectivity index (χ0n) is 11.7. The maximum atomic E-state index is 11.7. The van der Waals surface area contributed by atoms with Gasteiger partial charge >= 0.3 is 5.97 Å². The number of aryl methyl sites for hydroxylation is 1. The first-order valence-electron chi connectivity index (χ1n) is 6.33. The molecule has 0 aliphatic heterocycles. The highest BCUT2D eigenvalue weighted by Crippen LogP contribution is 2.23. The van der Waals surface area contributed by atoms with Gasteiger partial charge in [-0.05, 0) is 26.0 Å². The van der Waals surface area contributed by atoms with Gasteiger partial charge in [0.1, 0.15) is 10.6 Å². The van der Waals surface area contributed by atoms with E-state index in [0.29, 0.717) is 27.9 Å². The van der Waals surface area contributed by atoms with Crippen molar-refractivity contribution in [2.24, 2.45) is 5.10 Å². The third kappa shape index (κ3) is 3.79. The van der Waals surface area contributed by atoms with Crippen LogP contribution in [-0.2, 0) is 4.74 Å². The van der Waals surface area contributed by atoms with E-state index in [1.807, 2.05) is 0 Å². The van der Waals surface area contributed by atoms with Gasteiger partial charge < -0.3 is 9.84 Å². The van der Waals surface area contributed by atoms with Crippen LogP contribution in [0.1, 0.15) is 27.9 Å². The molecular formula is C14H15N3O3S. The normalized spacial score (nSPS) is 10.8. The molecule has 0 saturated heterocycles. The van der Waals surface area contributed by atoms with E-state index in [1.165, 1.54) is 17.6 Å². The van der Waals surface area contributed by atoms with E-state index >= 15 is 0 Å². The molecule has 2 rings (SSSR count). The molecule has 2 N–H and O–H groups in total. The van der Waals surface area contributed by atoms with Crippen LogP contribution in [0.25, 0.3) is 0 Å². The van der Waals surface area contributed by atoms with Crippen molar-refractivity contribution in [3.05, 3.63) is 40.4 Å². The summed E-state index contributed by atoms with van der Waals surface area (Å²) in [6, 6.07) is 6.84. The summed E-state index contributed by atoms with van der Waals surface area (Å²) in [7, 11) is 0. The van der Waals surface area contributed by atoms with Crippen molar-refractivity contribution in [3.63, 3.8) is 0 Å². The quantitative estimate of drug-likeness (QED) is 0.504. The van der Waals surface area contributed by atoms with Gasteiger partial charge in [0.25, 0.3) is 0 Å². The Morgan fingerprint density at radius 2 is 2.29 bits per heavy atom. The van der Waals surface area contributed by atoms with Gasteiger partial charge in [-0.1, -0.05) is 23.5 Å². The molecule has 0 unspecified atom stereocenters. The Kier molecular flexibility index (Phi) is 4.89. The standard InChI is InChI=1S/C14H15N3O3S/c1-3-20-13(19)12-9(2)16-14(21-12)17-15-8-10-6-4-5-7-11(10)18/h4-8,18H,3H2,1-2H3,(H,16,17)/b15-8-. The highest BCUT2D eigenvalue weighted by molar-refractivity contribution is 7.17. The number of phenolic OH excluding ortho intramolecular Hbond substituents is 1. The lowest BCUT2D eigenvalue weighted by Gasteiger charge is -1.97. The highest BCUT2D eigenvalue weighted by Gasteiger charge is 2.15. The predicted octanol–water partition coefficient (Wildman–Crippen LogP) is 2.78. The lowest BCUT2D eigenvalue weighted by Crippen LogP contribution is -2.03. The highest BCUT2D eigenvalue weighted by atomic mass is 32.1. The van der Waals surface area contributed by atoms with Gasteiger partial charge in [0.05, 0.1) is 18.5 Å². The zero-order chi connectivity index (χ0) is 15.2. The van der Waals surface area contributed by atoms with Crippen molar-refractivity contribution in [2.45, 2.75) is 13.8 Å². The van der Waals surface area contributed by atoms with Crippen LogP contribution in [0.5, 0.6) is 5.75 Å². The number of phenols is 1. The molecule has 0 spiro atoms. The van der Waals surface area contributed by atoms with Gasteiger partial charge in [-0.25, -0.2) is 9.78 Å². The topological polar surface area (TPSA) is 83.8 Å². The monoisotopic (exact) mass is 305 g/mol. The minimum Gasteiger partial charge on any atom is -0.507 e. The van der Waals surface area contributed by atoms with Crippen LogP contribution in [-0.4, -0.2) is 28.9 Å². The van der Waals surface area contributed by atoms with E-state index in [9.17, 15) is 9.90 Å². The average molecular weight is 305 g/mol. The number of hydrogen-bond acceptors (Lipinski definition) is 7. The summed E-state index contributed by atoms with van der Waals surface area (Å²) >= 11 is 1.17. The molecule has 0 amide bonds. The minimum atomic E-state index is -0.384. The summed E-state index contributed by atoms with van der Waals surface area (Å²) in [6.45, 7) is 3.81. The largest absolute Gasteiger partial charge is 0.507 e. The molecule has 1 aromatic heterocycles. The Morgan fingerprint density at radius 1 is 1.52 bits per heavy atom. The van der Waals surface area contributed by atoms with Crippen molar-refractivity contribution in [3.8, 4) is 5.75 Å². The number of benzene rings is 1. The molecule has 0 atom stereocenters. The number of para-hydroxylation sites is 1. The fraction of sp³-hybridized carbons (Fsp3) is 0.214. The first-order chi connectivity index (χ1) is 10.1. The number of carbonyl (C=O) groups is 1. The van der Waals surface area contributed by atoms with E-state index in [0.717, 1.165) is 0 Å². The number of carbonyl (C=O) groups excluding carboxylic acids is 1. The Balaban J connectivity index is 2.06. The van der Waals surface area contributed by atoms with Gasteiger partial charge in [-0.3, -0.25) is 5.43 Å². The zero-order valence-corrected chi connectivity index (χ0v) is 12.5. The van der Waals surface area contributed by atoms with Crippen LogP contribution >= 0.6 is 11.3 Å². The number of hydrogen-bond donors (Lipinski definition) is 2. The maximum absolute atomic E-state index is 11.7. The van der Waals surface area contributed by atoms with Gasteiger partial charge in [-0.2, -0.15) is 5.10 Å². The molecule has 0 bridgehead atoms. The number of aromatic nitrogens is 1. The lowest BCUT2D eigenvalue weighted by molar-refractivity contribution is 0.0531. The molecule has 0 aliphatic rings. The van der Waals surface area contributed by atoms with E-state index in [4.69, 9.17) is 4.74 Å². The number of rotatable bonds is 5. The summed E-state index contributed by atoms with van der Waals surface area (Å²) in [6.07, 6.45) is 1.48. The van der Waals surface area contributed by atoms with Gasteiger partial charge in [0.2, 0.25) is 5.13 Å². The Hall–Kier alpha value is -2.41. The van der Waals surface area contributed by atoms with E-state index in [-0.39, 0.29) is 11.7 Å². The lowest BCUT2D eigenvalue weighted by atomic mass is 10.2. The van der Waals surface area contributed by atoms with Crippen molar-refractivity contribution >= 4 is 28.7 Å². The molecule has 0 radical (unpaired) electrons. The second kappa shape index (κ2) is 6.85. The molecular weight excluding hydrogens is 290 g/mol. The molecule has 0 aliphatic carbocycles. The maximum Gasteiger partial charge on any atom is 0.350 e. The van der Waals surface area contributed by atoms with Crippen LogP contribution in [0.3, 0.4) is 0 Å². The summed E-state index contributed by atoms with van der Waals surface area (Å²) in [5.41, 5.74) is 3.92.